The van der Waals surface area contributed by atoms with Gasteiger partial charge in [0.2, 0.25) is 0 Å². The van der Waals surface area contributed by atoms with Crippen molar-refractivity contribution in [2.45, 2.75) is 25.8 Å². The second-order valence-electron chi connectivity index (χ2n) is 5.69. The minimum absolute atomic E-state index is 0.0686. The molecular weight excluding hydrogens is 266 g/mol. The average Bonchev–Trinajstić information content (AvgIpc) is 3.21. The molecule has 1 unspecified atom stereocenters. The van der Waals surface area contributed by atoms with Crippen LogP contribution in [0, 0.1) is 12.8 Å². The molecule has 0 saturated heterocycles. The number of aryl methyl sites for hydroxylation is 2. The zero-order valence-corrected chi connectivity index (χ0v) is 12.2. The number of benzene rings is 1. The van der Waals surface area contributed by atoms with Gasteiger partial charge in [0.1, 0.15) is 11.6 Å². The van der Waals surface area contributed by atoms with E-state index in [1.54, 1.807) is 25.3 Å². The molecule has 21 heavy (non-hydrogen) atoms. The Kier molecular flexibility index (Phi) is 3.41. The molecule has 5 heteroatoms. The van der Waals surface area contributed by atoms with Crippen LogP contribution in [0.15, 0.2) is 30.6 Å². The second-order valence-corrected chi connectivity index (χ2v) is 5.69. The van der Waals surface area contributed by atoms with Gasteiger partial charge >= 0.3 is 0 Å². The number of imidazole rings is 1. The van der Waals surface area contributed by atoms with E-state index < -0.39 is 0 Å². The Balaban J connectivity index is 1.81. The fourth-order valence-corrected chi connectivity index (χ4v) is 2.47. The molecule has 1 saturated carbocycles. The molecular formula is C16H19N3O2. The Hall–Kier alpha value is -2.30. The lowest BCUT2D eigenvalue weighted by Crippen LogP contribution is -2.31. The van der Waals surface area contributed by atoms with Crippen LogP contribution in [0.2, 0.25) is 0 Å². The number of amides is 1. The first-order valence-corrected chi connectivity index (χ1v) is 7.14. The van der Waals surface area contributed by atoms with E-state index in [0.29, 0.717) is 11.5 Å². The number of phenolic OH excluding ortho intramolecular Hbond substituents is 1. The van der Waals surface area contributed by atoms with Crippen molar-refractivity contribution in [2.24, 2.45) is 13.0 Å². The molecule has 1 aliphatic carbocycles. The minimum atomic E-state index is -0.176. The van der Waals surface area contributed by atoms with Gasteiger partial charge in [-0.2, -0.15) is 0 Å². The van der Waals surface area contributed by atoms with Gasteiger partial charge in [0.15, 0.2) is 0 Å². The third-order valence-electron chi connectivity index (χ3n) is 3.99. The Morgan fingerprint density at radius 2 is 2.24 bits per heavy atom. The van der Waals surface area contributed by atoms with E-state index in [4.69, 9.17) is 0 Å². The minimum Gasteiger partial charge on any atom is -0.508 e. The molecule has 1 aromatic heterocycles. The number of nitrogens with one attached hydrogen (secondary N) is 1. The molecule has 2 aromatic rings. The highest BCUT2D eigenvalue weighted by Crippen LogP contribution is 2.40. The maximum absolute atomic E-state index is 12.4. The first-order valence-electron chi connectivity index (χ1n) is 7.14. The number of nitrogens with zero attached hydrogens (tertiary/aromatic N) is 2. The predicted octanol–water partition coefficient (Wildman–Crippen LogP) is 2.32. The normalized spacial score (nSPS) is 15.7. The van der Waals surface area contributed by atoms with Gasteiger partial charge in [-0.1, -0.05) is 6.07 Å². The van der Waals surface area contributed by atoms with Crippen molar-refractivity contribution >= 4 is 5.91 Å². The molecule has 1 fully saturated rings. The second kappa shape index (κ2) is 5.24. The van der Waals surface area contributed by atoms with E-state index in [2.05, 4.69) is 10.3 Å². The number of carbonyl (C=O) groups excluding carboxylic acids is 1. The maximum Gasteiger partial charge on any atom is 0.252 e. The molecule has 0 radical (unpaired) electrons. The highest BCUT2D eigenvalue weighted by atomic mass is 16.3. The van der Waals surface area contributed by atoms with Gasteiger partial charge in [-0.3, -0.25) is 4.79 Å². The van der Waals surface area contributed by atoms with Crippen molar-refractivity contribution in [1.29, 1.82) is 0 Å². The number of aromatic hydroxyl groups is 1. The maximum atomic E-state index is 12.4. The van der Waals surface area contributed by atoms with Crippen molar-refractivity contribution in [3.05, 3.63) is 47.5 Å². The standard InChI is InChI=1S/C16H19N3O2/c1-10-3-4-12(9-13(10)20)16(21)18-14(11-5-6-11)15-17-7-8-19(15)2/h3-4,7-9,11,14,20H,5-6H2,1-2H3,(H,18,21). The van der Waals surface area contributed by atoms with Crippen molar-refractivity contribution < 1.29 is 9.90 Å². The Morgan fingerprint density at radius 3 is 2.81 bits per heavy atom. The van der Waals surface area contributed by atoms with Crippen molar-refractivity contribution in [2.75, 3.05) is 0 Å². The first kappa shape index (κ1) is 13.7. The summed E-state index contributed by atoms with van der Waals surface area (Å²) in [6.07, 6.45) is 5.84. The lowest BCUT2D eigenvalue weighted by molar-refractivity contribution is 0.0928. The third kappa shape index (κ3) is 2.77. The van der Waals surface area contributed by atoms with Gasteiger partial charge in [0, 0.05) is 25.0 Å². The van der Waals surface area contributed by atoms with Gasteiger partial charge in [0.05, 0.1) is 6.04 Å². The van der Waals surface area contributed by atoms with Crippen LogP contribution in [0.3, 0.4) is 0 Å². The molecule has 2 N–H and O–H groups in total. The lowest BCUT2D eigenvalue weighted by Gasteiger charge is -2.18. The molecule has 1 aliphatic rings. The summed E-state index contributed by atoms with van der Waals surface area (Å²) in [5.74, 6) is 1.30. The van der Waals surface area contributed by atoms with Crippen LogP contribution < -0.4 is 5.32 Å². The summed E-state index contributed by atoms with van der Waals surface area (Å²) >= 11 is 0. The Labute approximate surface area is 123 Å². The van der Waals surface area contributed by atoms with Gasteiger partial charge in [-0.05, 0) is 43.4 Å². The summed E-state index contributed by atoms with van der Waals surface area (Å²) in [5, 5.41) is 12.8. The summed E-state index contributed by atoms with van der Waals surface area (Å²) in [6, 6.07) is 4.91. The largest absolute Gasteiger partial charge is 0.508 e. The number of carbonyl (C=O) groups is 1. The Bertz CT molecular complexity index is 674. The quantitative estimate of drug-likeness (QED) is 0.906. The Morgan fingerprint density at radius 1 is 1.48 bits per heavy atom. The number of hydrogen-bond donors (Lipinski definition) is 2. The van der Waals surface area contributed by atoms with Crippen molar-refractivity contribution in [3.8, 4) is 5.75 Å². The fraction of sp³-hybridized carbons (Fsp3) is 0.375. The smallest absolute Gasteiger partial charge is 0.252 e. The summed E-state index contributed by atoms with van der Waals surface area (Å²) in [4.78, 5) is 16.8. The SMILES string of the molecule is Cc1ccc(C(=O)NC(c2nccn2C)C2CC2)cc1O. The monoisotopic (exact) mass is 285 g/mol. The summed E-state index contributed by atoms with van der Waals surface area (Å²) in [7, 11) is 1.93. The van der Waals surface area contributed by atoms with Gasteiger partial charge < -0.3 is 15.0 Å². The van der Waals surface area contributed by atoms with Crippen molar-refractivity contribution in [1.82, 2.24) is 14.9 Å². The average molecular weight is 285 g/mol. The van der Waals surface area contributed by atoms with E-state index in [9.17, 15) is 9.90 Å². The highest BCUT2D eigenvalue weighted by molar-refractivity contribution is 5.95. The molecule has 1 heterocycles. The number of phenols is 1. The van der Waals surface area contributed by atoms with Crippen LogP contribution in [0.1, 0.15) is 40.6 Å². The summed E-state index contributed by atoms with van der Waals surface area (Å²) < 4.78 is 1.94. The van der Waals surface area contributed by atoms with Gasteiger partial charge in [-0.15, -0.1) is 0 Å². The van der Waals surface area contributed by atoms with Crippen molar-refractivity contribution in [3.63, 3.8) is 0 Å². The van der Waals surface area contributed by atoms with E-state index in [1.807, 2.05) is 17.8 Å². The van der Waals surface area contributed by atoms with E-state index in [-0.39, 0.29) is 17.7 Å². The molecule has 3 rings (SSSR count). The first-order chi connectivity index (χ1) is 10.1. The zero-order chi connectivity index (χ0) is 15.0. The molecule has 1 atom stereocenters. The lowest BCUT2D eigenvalue weighted by atomic mass is 10.1. The van der Waals surface area contributed by atoms with Crippen LogP contribution in [-0.4, -0.2) is 20.6 Å². The van der Waals surface area contributed by atoms with E-state index >= 15 is 0 Å². The molecule has 5 nitrogen and oxygen atoms in total. The molecule has 110 valence electrons. The van der Waals surface area contributed by atoms with E-state index in [0.717, 1.165) is 24.2 Å². The molecule has 0 spiro atoms. The van der Waals surface area contributed by atoms with Crippen LogP contribution in [-0.2, 0) is 7.05 Å². The number of rotatable bonds is 4. The molecule has 1 amide bonds. The number of hydrogen-bond acceptors (Lipinski definition) is 3. The van der Waals surface area contributed by atoms with Crippen LogP contribution in [0.25, 0.3) is 0 Å². The summed E-state index contributed by atoms with van der Waals surface area (Å²) in [6.45, 7) is 1.80. The van der Waals surface area contributed by atoms with Gasteiger partial charge in [-0.25, -0.2) is 4.98 Å². The van der Waals surface area contributed by atoms with Gasteiger partial charge in [0.25, 0.3) is 5.91 Å². The number of aromatic nitrogens is 2. The van der Waals surface area contributed by atoms with Crippen LogP contribution in [0.5, 0.6) is 5.75 Å². The highest BCUT2D eigenvalue weighted by Gasteiger charge is 2.35. The third-order valence-corrected chi connectivity index (χ3v) is 3.99. The predicted molar refractivity (Wildman–Crippen MR) is 79.0 cm³/mol. The zero-order valence-electron chi connectivity index (χ0n) is 12.2. The van der Waals surface area contributed by atoms with Crippen LogP contribution >= 0.6 is 0 Å². The molecule has 1 aromatic carbocycles. The van der Waals surface area contributed by atoms with E-state index in [1.165, 1.54) is 6.07 Å². The summed E-state index contributed by atoms with van der Waals surface area (Å²) in [5.41, 5.74) is 1.23. The van der Waals surface area contributed by atoms with Crippen LogP contribution in [0.4, 0.5) is 0 Å². The molecule has 0 bridgehead atoms. The molecule has 0 aliphatic heterocycles. The fourth-order valence-electron chi connectivity index (χ4n) is 2.47. The topological polar surface area (TPSA) is 67.2 Å².